The van der Waals surface area contributed by atoms with Gasteiger partial charge in [-0.2, -0.15) is 0 Å². The first-order chi connectivity index (χ1) is 15.4. The number of nitrogens with zero attached hydrogens (tertiary/aromatic N) is 2. The van der Waals surface area contributed by atoms with Crippen LogP contribution in [-0.4, -0.2) is 28.0 Å². The van der Waals surface area contributed by atoms with Crippen LogP contribution in [0, 0.1) is 24.4 Å². The molecule has 0 aliphatic carbocycles. The van der Waals surface area contributed by atoms with Crippen LogP contribution in [-0.2, 0) is 16.4 Å². The Morgan fingerprint density at radius 1 is 0.970 bits per heavy atom. The maximum atomic E-state index is 14.6. The molecule has 0 saturated heterocycles. The standard InChI is InChI=1S/C24H25F3N2O2SSi/c1-15-7-9-18(10-8-15)32(30,31)29-11-5-6-16-12-21(28-24(23(16)29)33(2,3)4)22-19(26)13-17(25)14-20(22)27/h7-10,12-14H,5-6,11H2,1-4H3. The molecule has 0 amide bonds. The lowest BCUT2D eigenvalue weighted by atomic mass is 10.0. The average Bonchev–Trinajstić information content (AvgIpc) is 2.71. The molecule has 0 atom stereocenters. The van der Waals surface area contributed by atoms with Gasteiger partial charge in [0.25, 0.3) is 10.0 Å². The number of pyridine rings is 1. The zero-order valence-corrected chi connectivity index (χ0v) is 20.7. The molecule has 0 fully saturated rings. The van der Waals surface area contributed by atoms with Crippen molar-refractivity contribution in [2.45, 2.75) is 44.3 Å². The summed E-state index contributed by atoms with van der Waals surface area (Å²) < 4.78 is 71.2. The van der Waals surface area contributed by atoms with Gasteiger partial charge in [-0.3, -0.25) is 9.29 Å². The zero-order valence-electron chi connectivity index (χ0n) is 18.9. The molecule has 3 aromatic rings. The smallest absolute Gasteiger partial charge is 0.264 e. The molecule has 4 rings (SSSR count). The van der Waals surface area contributed by atoms with Crippen molar-refractivity contribution in [2.75, 3.05) is 10.8 Å². The first-order valence-electron chi connectivity index (χ1n) is 10.7. The third-order valence-corrected chi connectivity index (χ3v) is 9.29. The maximum absolute atomic E-state index is 14.6. The molecule has 0 radical (unpaired) electrons. The SMILES string of the molecule is Cc1ccc(S(=O)(=O)N2CCCc3cc(-c4c(F)cc(F)cc4F)nc([Si](C)(C)C)c32)cc1. The number of hydrogen-bond donors (Lipinski definition) is 0. The molecule has 0 N–H and O–H groups in total. The molecule has 2 heterocycles. The van der Waals surface area contributed by atoms with Crippen LogP contribution in [0.25, 0.3) is 11.3 Å². The Labute approximate surface area is 193 Å². The Morgan fingerprint density at radius 2 is 1.58 bits per heavy atom. The highest BCUT2D eigenvalue weighted by Gasteiger charge is 2.36. The number of halogens is 3. The molecule has 9 heteroatoms. The van der Waals surface area contributed by atoms with E-state index in [1.165, 1.54) is 10.4 Å². The van der Waals surface area contributed by atoms with E-state index < -0.39 is 41.1 Å². The number of benzene rings is 2. The van der Waals surface area contributed by atoms with Crippen molar-refractivity contribution >= 4 is 29.1 Å². The summed E-state index contributed by atoms with van der Waals surface area (Å²) in [6.45, 7) is 8.18. The molecule has 1 aromatic heterocycles. The highest BCUT2D eigenvalue weighted by atomic mass is 32.2. The van der Waals surface area contributed by atoms with Crippen molar-refractivity contribution in [3.63, 3.8) is 0 Å². The zero-order chi connectivity index (χ0) is 24.1. The lowest BCUT2D eigenvalue weighted by Crippen LogP contribution is -2.48. The van der Waals surface area contributed by atoms with Crippen LogP contribution in [0.5, 0.6) is 0 Å². The maximum Gasteiger partial charge on any atom is 0.264 e. The van der Waals surface area contributed by atoms with E-state index in [1.807, 2.05) is 26.6 Å². The number of sulfonamides is 1. The van der Waals surface area contributed by atoms with Gasteiger partial charge in [-0.1, -0.05) is 37.3 Å². The number of rotatable bonds is 4. The van der Waals surface area contributed by atoms with E-state index in [-0.39, 0.29) is 10.6 Å². The van der Waals surface area contributed by atoms with Gasteiger partial charge in [0.15, 0.2) is 0 Å². The fourth-order valence-electron chi connectivity index (χ4n) is 4.10. The summed E-state index contributed by atoms with van der Waals surface area (Å²) in [5, 5.41) is 0.550. The molecule has 1 aliphatic rings. The van der Waals surface area contributed by atoms with Gasteiger partial charge in [-0.05, 0) is 43.5 Å². The minimum Gasteiger partial charge on any atom is -0.265 e. The van der Waals surface area contributed by atoms with Crippen LogP contribution in [0.1, 0.15) is 17.5 Å². The van der Waals surface area contributed by atoms with Crippen LogP contribution in [0.4, 0.5) is 18.9 Å². The lowest BCUT2D eigenvalue weighted by molar-refractivity contribution is 0.547. The minimum absolute atomic E-state index is 0.0516. The van der Waals surface area contributed by atoms with Gasteiger partial charge in [-0.15, -0.1) is 0 Å². The second kappa shape index (κ2) is 8.29. The summed E-state index contributed by atoms with van der Waals surface area (Å²) in [5.41, 5.74) is 1.77. The molecule has 0 saturated carbocycles. The molecule has 0 spiro atoms. The molecule has 0 unspecified atom stereocenters. The molecular weight excluding hydrogens is 465 g/mol. The Hall–Kier alpha value is -2.65. The molecule has 174 valence electrons. The van der Waals surface area contributed by atoms with Crippen LogP contribution in [0.15, 0.2) is 47.4 Å². The van der Waals surface area contributed by atoms with Crippen LogP contribution in [0.2, 0.25) is 19.6 Å². The van der Waals surface area contributed by atoms with Crippen molar-refractivity contribution in [3.8, 4) is 11.3 Å². The van der Waals surface area contributed by atoms with E-state index in [2.05, 4.69) is 4.98 Å². The fraction of sp³-hybridized carbons (Fsp3) is 0.292. The minimum atomic E-state index is -3.86. The van der Waals surface area contributed by atoms with Gasteiger partial charge in [0.05, 0.1) is 21.8 Å². The summed E-state index contributed by atoms with van der Waals surface area (Å²) in [6.07, 6.45) is 1.10. The van der Waals surface area contributed by atoms with Crippen LogP contribution < -0.4 is 9.62 Å². The van der Waals surface area contributed by atoms with Crippen molar-refractivity contribution in [1.82, 2.24) is 4.98 Å². The highest BCUT2D eigenvalue weighted by Crippen LogP contribution is 2.35. The third-order valence-electron chi connectivity index (χ3n) is 5.71. The van der Waals surface area contributed by atoms with Gasteiger partial charge >= 0.3 is 0 Å². The Morgan fingerprint density at radius 3 is 2.15 bits per heavy atom. The van der Waals surface area contributed by atoms with E-state index >= 15 is 0 Å². The Bertz CT molecular complexity index is 1310. The quantitative estimate of drug-likeness (QED) is 0.475. The van der Waals surface area contributed by atoms with E-state index in [1.54, 1.807) is 24.3 Å². The summed E-state index contributed by atoms with van der Waals surface area (Å²) in [7, 11) is -6.15. The second-order valence-electron chi connectivity index (χ2n) is 9.35. The summed E-state index contributed by atoms with van der Waals surface area (Å²) >= 11 is 0. The third kappa shape index (κ3) is 4.31. The Kier molecular flexibility index (Phi) is 5.90. The second-order valence-corrected chi connectivity index (χ2v) is 16.2. The first-order valence-corrected chi connectivity index (χ1v) is 15.6. The summed E-state index contributed by atoms with van der Waals surface area (Å²) in [5.74, 6) is -3.09. The van der Waals surface area contributed by atoms with Gasteiger partial charge in [-0.25, -0.2) is 21.6 Å². The number of aromatic nitrogens is 1. The number of fused-ring (bicyclic) bond motifs is 1. The molecular formula is C24H25F3N2O2SSi. The Balaban J connectivity index is 1.95. The van der Waals surface area contributed by atoms with Crippen LogP contribution >= 0.6 is 0 Å². The van der Waals surface area contributed by atoms with E-state index in [0.717, 1.165) is 5.56 Å². The van der Waals surface area contributed by atoms with Crippen molar-refractivity contribution < 1.29 is 21.6 Å². The number of hydrogen-bond acceptors (Lipinski definition) is 3. The molecule has 33 heavy (non-hydrogen) atoms. The number of anilines is 1. The highest BCUT2D eigenvalue weighted by molar-refractivity contribution is 7.92. The van der Waals surface area contributed by atoms with Crippen molar-refractivity contribution in [1.29, 1.82) is 0 Å². The molecule has 0 bridgehead atoms. The summed E-state index contributed by atoms with van der Waals surface area (Å²) in [4.78, 5) is 4.79. The van der Waals surface area contributed by atoms with E-state index in [4.69, 9.17) is 0 Å². The van der Waals surface area contributed by atoms with Crippen molar-refractivity contribution in [3.05, 3.63) is 71.0 Å². The predicted molar refractivity (Wildman–Crippen MR) is 127 cm³/mol. The topological polar surface area (TPSA) is 50.3 Å². The van der Waals surface area contributed by atoms with Gasteiger partial charge in [0.2, 0.25) is 0 Å². The average molecular weight is 491 g/mol. The predicted octanol–water partition coefficient (Wildman–Crippen LogP) is 5.16. The van der Waals surface area contributed by atoms with Gasteiger partial charge < -0.3 is 0 Å². The van der Waals surface area contributed by atoms with E-state index in [9.17, 15) is 21.6 Å². The number of aryl methyl sites for hydroxylation is 2. The molecule has 4 nitrogen and oxygen atoms in total. The van der Waals surface area contributed by atoms with Gasteiger partial charge in [0.1, 0.15) is 25.5 Å². The molecule has 1 aliphatic heterocycles. The largest absolute Gasteiger partial charge is 0.265 e. The lowest BCUT2D eigenvalue weighted by Gasteiger charge is -2.35. The first kappa shape index (κ1) is 23.5. The van der Waals surface area contributed by atoms with Crippen molar-refractivity contribution in [2.24, 2.45) is 0 Å². The monoisotopic (exact) mass is 490 g/mol. The van der Waals surface area contributed by atoms with Crippen LogP contribution in [0.3, 0.4) is 0 Å². The fourth-order valence-corrected chi connectivity index (χ4v) is 7.19. The normalized spacial score (nSPS) is 14.3. The van der Waals surface area contributed by atoms with E-state index in [0.29, 0.717) is 48.1 Å². The van der Waals surface area contributed by atoms with Gasteiger partial charge in [0, 0.05) is 24.0 Å². The summed E-state index contributed by atoms with van der Waals surface area (Å²) in [6, 6.07) is 9.45. The molecule has 2 aromatic carbocycles.